The molecule has 9 nitrogen and oxygen atoms in total. The molecule has 1 amide bonds. The minimum atomic E-state index is -3.91. The Kier molecular flexibility index (Phi) is 7.30. The van der Waals surface area contributed by atoms with E-state index in [0.717, 1.165) is 20.7 Å². The molecular weight excluding hydrogens is 591 g/mol. The normalized spacial score (nSPS) is 11.8. The molecule has 12 heteroatoms. The number of hydrogen-bond donors (Lipinski definition) is 0. The van der Waals surface area contributed by atoms with Crippen LogP contribution >= 0.6 is 11.3 Å². The van der Waals surface area contributed by atoms with E-state index in [1.165, 1.54) is 62.0 Å². The molecule has 2 aromatic heterocycles. The Bertz CT molecular complexity index is 2180. The number of thiazole rings is 1. The summed E-state index contributed by atoms with van der Waals surface area (Å²) >= 11 is 1.03. The minimum absolute atomic E-state index is 0.0188. The third-order valence-electron chi connectivity index (χ3n) is 6.61. The number of rotatable bonds is 7. The van der Waals surface area contributed by atoms with Crippen LogP contribution in [0, 0.1) is 5.82 Å². The highest BCUT2D eigenvalue weighted by Gasteiger charge is 2.25. The van der Waals surface area contributed by atoms with E-state index in [4.69, 9.17) is 4.42 Å². The van der Waals surface area contributed by atoms with Gasteiger partial charge in [0.2, 0.25) is 10.6 Å². The maximum atomic E-state index is 13.9. The zero-order chi connectivity index (χ0) is 30.1. The quantitative estimate of drug-likeness (QED) is 0.160. The first-order valence-corrected chi connectivity index (χ1v) is 15.1. The molecule has 43 heavy (non-hydrogen) atoms. The molecule has 0 radical (unpaired) electrons. The Morgan fingerprint density at radius 3 is 2.47 bits per heavy atom. The second kappa shape index (κ2) is 11.2. The van der Waals surface area contributed by atoms with E-state index < -0.39 is 21.7 Å². The predicted octanol–water partition coefficient (Wildman–Crippen LogP) is 6.05. The molecule has 0 aliphatic heterocycles. The van der Waals surface area contributed by atoms with Crippen LogP contribution in [0.3, 0.4) is 0 Å². The third kappa shape index (κ3) is 5.41. The van der Waals surface area contributed by atoms with Crippen molar-refractivity contribution in [3.8, 4) is 0 Å². The van der Waals surface area contributed by atoms with Gasteiger partial charge in [0, 0.05) is 12.6 Å². The van der Waals surface area contributed by atoms with Crippen LogP contribution in [0.25, 0.3) is 21.2 Å². The average Bonchev–Trinajstić information content (AvgIpc) is 3.45. The first-order valence-electron chi connectivity index (χ1n) is 12.8. The minimum Gasteiger partial charge on any atom is -0.463 e. The Morgan fingerprint density at radius 2 is 1.70 bits per heavy atom. The Hall–Kier alpha value is -5.20. The lowest BCUT2D eigenvalue weighted by Gasteiger charge is -2.19. The molecule has 0 fully saturated rings. The number of sulfonamides is 1. The molecule has 0 bridgehead atoms. The average molecular weight is 613 g/mol. The van der Waals surface area contributed by atoms with E-state index in [9.17, 15) is 22.4 Å². The highest BCUT2D eigenvalue weighted by Crippen LogP contribution is 2.31. The van der Waals surface area contributed by atoms with Gasteiger partial charge in [0.05, 0.1) is 38.0 Å². The van der Waals surface area contributed by atoms with Crippen molar-refractivity contribution in [1.29, 1.82) is 0 Å². The zero-order valence-electron chi connectivity index (χ0n) is 22.4. The third-order valence-corrected chi connectivity index (χ3v) is 9.40. The van der Waals surface area contributed by atoms with Crippen LogP contribution in [0.4, 0.5) is 15.2 Å². The molecular formula is C31H21FN4O5S2. The number of fused-ring (bicyclic) bond motifs is 2. The van der Waals surface area contributed by atoms with Gasteiger partial charge in [-0.2, -0.15) is 10.1 Å². The number of carbonyl (C=O) groups excluding carboxylic acids is 1. The van der Waals surface area contributed by atoms with Gasteiger partial charge in [-0.1, -0.05) is 41.7 Å². The smallest absolute Gasteiger partial charge is 0.280 e. The Balaban J connectivity index is 1.37. The fourth-order valence-corrected chi connectivity index (χ4v) is 6.44. The molecule has 0 spiro atoms. The maximum absolute atomic E-state index is 13.9. The van der Waals surface area contributed by atoms with E-state index in [0.29, 0.717) is 26.9 Å². The number of anilines is 2. The molecule has 0 aliphatic carbocycles. The lowest BCUT2D eigenvalue weighted by atomic mass is 10.2. The van der Waals surface area contributed by atoms with Crippen LogP contribution in [-0.2, 0) is 10.0 Å². The molecule has 0 saturated heterocycles. The molecule has 6 aromatic rings. The molecule has 0 aliphatic rings. The number of carbonyl (C=O) groups is 1. The summed E-state index contributed by atoms with van der Waals surface area (Å²) in [6.45, 7) is 0. The van der Waals surface area contributed by atoms with Crippen molar-refractivity contribution in [3.05, 3.63) is 130 Å². The number of hydrazone groups is 1. The number of amides is 1. The van der Waals surface area contributed by atoms with E-state index in [-0.39, 0.29) is 26.6 Å². The van der Waals surface area contributed by atoms with Gasteiger partial charge in [0.1, 0.15) is 17.7 Å². The van der Waals surface area contributed by atoms with E-state index in [2.05, 4.69) is 10.1 Å². The van der Waals surface area contributed by atoms with Crippen LogP contribution in [0.2, 0.25) is 0 Å². The van der Waals surface area contributed by atoms with Gasteiger partial charge >= 0.3 is 0 Å². The number of hydrogen-bond acceptors (Lipinski definition) is 8. The lowest BCUT2D eigenvalue weighted by molar-refractivity contribution is 0.0987. The first kappa shape index (κ1) is 27.9. The summed E-state index contributed by atoms with van der Waals surface area (Å²) in [5.41, 5.74) is 1.18. The Labute approximate surface area is 248 Å². The van der Waals surface area contributed by atoms with Gasteiger partial charge in [0.25, 0.3) is 15.9 Å². The largest absolute Gasteiger partial charge is 0.463 e. The maximum Gasteiger partial charge on any atom is 0.280 e. The van der Waals surface area contributed by atoms with Crippen molar-refractivity contribution >= 4 is 65.5 Å². The van der Waals surface area contributed by atoms with E-state index in [1.54, 1.807) is 54.6 Å². The standard InChI is InChI=1S/C31H21FN4O5S2/c1-35(23-7-3-2-4-8-23)43(39,40)24-14-11-20(12-15-24)30(38)36(31-34-26-16-13-22(32)17-28(26)42-31)33-18-21-19-41-27-10-6-5-9-25(27)29(21)37/h2-19H,1H3/b33-18+. The summed E-state index contributed by atoms with van der Waals surface area (Å²) in [6.07, 6.45) is 2.43. The number of aromatic nitrogens is 1. The van der Waals surface area contributed by atoms with Crippen LogP contribution < -0.4 is 14.7 Å². The summed E-state index contributed by atoms with van der Waals surface area (Å²) in [5.74, 6) is -1.11. The highest BCUT2D eigenvalue weighted by molar-refractivity contribution is 7.92. The molecule has 6 rings (SSSR count). The number of halogens is 1. The Morgan fingerprint density at radius 1 is 0.977 bits per heavy atom. The van der Waals surface area contributed by atoms with Crippen molar-refractivity contribution in [3.63, 3.8) is 0 Å². The summed E-state index contributed by atoms with van der Waals surface area (Å²) in [6, 6.07) is 24.8. The van der Waals surface area contributed by atoms with Gasteiger partial charge in [-0.3, -0.25) is 13.9 Å². The van der Waals surface area contributed by atoms with Crippen molar-refractivity contribution in [1.82, 2.24) is 4.98 Å². The molecule has 2 heterocycles. The van der Waals surface area contributed by atoms with Crippen molar-refractivity contribution < 1.29 is 22.0 Å². The van der Waals surface area contributed by atoms with Gasteiger partial charge in [-0.05, 0) is 66.7 Å². The SMILES string of the molecule is CN(c1ccccc1)S(=O)(=O)c1ccc(C(=O)N(/N=C/c2coc3ccccc3c2=O)c2nc3ccc(F)cc3s2)cc1. The molecule has 0 atom stereocenters. The predicted molar refractivity (Wildman–Crippen MR) is 165 cm³/mol. The number of nitrogens with zero attached hydrogens (tertiary/aromatic N) is 4. The van der Waals surface area contributed by atoms with Crippen molar-refractivity contribution in [2.45, 2.75) is 4.90 Å². The van der Waals surface area contributed by atoms with Crippen LogP contribution in [0.1, 0.15) is 15.9 Å². The van der Waals surface area contributed by atoms with Crippen LogP contribution in [0.15, 0.2) is 123 Å². The molecule has 0 saturated carbocycles. The zero-order valence-corrected chi connectivity index (χ0v) is 24.0. The first-order chi connectivity index (χ1) is 20.7. The van der Waals surface area contributed by atoms with Crippen LogP contribution in [0.5, 0.6) is 0 Å². The fourth-order valence-electron chi connectivity index (χ4n) is 4.29. The fraction of sp³-hybridized carbons (Fsp3) is 0.0323. The van der Waals surface area contributed by atoms with Gasteiger partial charge in [-0.25, -0.2) is 17.8 Å². The van der Waals surface area contributed by atoms with Crippen molar-refractivity contribution in [2.24, 2.45) is 5.10 Å². The summed E-state index contributed by atoms with van der Waals surface area (Å²) in [4.78, 5) is 31.2. The second-order valence-electron chi connectivity index (χ2n) is 9.32. The lowest BCUT2D eigenvalue weighted by Crippen LogP contribution is -2.27. The van der Waals surface area contributed by atoms with Gasteiger partial charge in [0.15, 0.2) is 0 Å². The van der Waals surface area contributed by atoms with E-state index in [1.807, 2.05) is 0 Å². The second-order valence-corrected chi connectivity index (χ2v) is 12.3. The molecule has 4 aromatic carbocycles. The summed E-state index contributed by atoms with van der Waals surface area (Å²) < 4.78 is 47.5. The van der Waals surface area contributed by atoms with E-state index >= 15 is 0 Å². The number of benzene rings is 4. The van der Waals surface area contributed by atoms with Gasteiger partial charge < -0.3 is 4.42 Å². The summed E-state index contributed by atoms with van der Waals surface area (Å²) in [7, 11) is -2.47. The van der Waals surface area contributed by atoms with Crippen LogP contribution in [-0.4, -0.2) is 32.6 Å². The molecule has 0 unspecified atom stereocenters. The number of para-hydroxylation sites is 2. The monoisotopic (exact) mass is 612 g/mol. The highest BCUT2D eigenvalue weighted by atomic mass is 32.2. The summed E-state index contributed by atoms with van der Waals surface area (Å²) in [5, 5.41) is 5.74. The van der Waals surface area contributed by atoms with Crippen molar-refractivity contribution in [2.75, 3.05) is 16.4 Å². The molecule has 214 valence electrons. The molecule has 0 N–H and O–H groups in total. The van der Waals surface area contributed by atoms with Gasteiger partial charge in [-0.15, -0.1) is 0 Å². The topological polar surface area (TPSA) is 113 Å².